The third kappa shape index (κ3) is 8.12. The van der Waals surface area contributed by atoms with Crippen molar-refractivity contribution in [1.29, 1.82) is 0 Å². The van der Waals surface area contributed by atoms with Crippen molar-refractivity contribution in [3.05, 3.63) is 83.4 Å². The Morgan fingerprint density at radius 1 is 0.848 bits per heavy atom. The molecule has 0 atom stereocenters. The molecule has 33 heavy (non-hydrogen) atoms. The number of rotatable bonds is 13. The molecule has 0 unspecified atom stereocenters. The summed E-state index contributed by atoms with van der Waals surface area (Å²) in [6, 6.07) is 22.0. The van der Waals surface area contributed by atoms with Crippen LogP contribution in [0, 0.1) is 0 Å². The lowest BCUT2D eigenvalue weighted by Gasteiger charge is -2.17. The zero-order valence-electron chi connectivity index (χ0n) is 19.2. The second-order valence-corrected chi connectivity index (χ2v) is 8.05. The number of ether oxygens (including phenoxy) is 2. The summed E-state index contributed by atoms with van der Waals surface area (Å²) in [5.74, 6) is 2.23. The van der Waals surface area contributed by atoms with Crippen LogP contribution in [0.4, 0.5) is 5.69 Å². The average molecular weight is 467 g/mol. The maximum Gasteiger partial charge on any atom is 0.181 e. The summed E-state index contributed by atoms with van der Waals surface area (Å²) in [7, 11) is 0. The summed E-state index contributed by atoms with van der Waals surface area (Å²) in [6.45, 7) is 8.36. The number of Topliss-reactive ketones (excluding diaryl/α,β-unsaturated/α-hetero) is 1. The fourth-order valence-corrected chi connectivity index (χ4v) is 3.45. The van der Waals surface area contributed by atoms with Crippen LogP contribution in [0.25, 0.3) is 0 Å². The molecule has 0 saturated heterocycles. The van der Waals surface area contributed by atoms with E-state index in [1.807, 2.05) is 60.7 Å². The lowest BCUT2D eigenvalue weighted by molar-refractivity contribution is 0.101. The van der Waals surface area contributed by atoms with E-state index in [2.05, 4.69) is 24.1 Å². The molecule has 0 spiro atoms. The molecule has 174 valence electrons. The van der Waals surface area contributed by atoms with Crippen LogP contribution in [0.1, 0.15) is 30.6 Å². The monoisotopic (exact) mass is 466 g/mol. The van der Waals surface area contributed by atoms with E-state index in [1.165, 1.54) is 0 Å². The predicted octanol–water partition coefficient (Wildman–Crippen LogP) is 6.54. The van der Waals surface area contributed by atoms with E-state index >= 15 is 0 Å². The molecule has 6 heteroatoms. The first-order chi connectivity index (χ1) is 16.1. The van der Waals surface area contributed by atoms with Gasteiger partial charge < -0.3 is 19.7 Å². The number of anilines is 1. The number of hydrogen-bond donors (Lipinski definition) is 1. The molecule has 0 fully saturated rings. The van der Waals surface area contributed by atoms with Crippen LogP contribution in [0.15, 0.2) is 72.8 Å². The summed E-state index contributed by atoms with van der Waals surface area (Å²) in [5, 5.41) is 3.83. The van der Waals surface area contributed by atoms with Gasteiger partial charge in [-0.3, -0.25) is 4.79 Å². The van der Waals surface area contributed by atoms with Gasteiger partial charge in [0.1, 0.15) is 17.2 Å². The van der Waals surface area contributed by atoms with Crippen molar-refractivity contribution in [2.75, 3.05) is 38.1 Å². The highest BCUT2D eigenvalue weighted by Gasteiger charge is 2.07. The molecule has 0 heterocycles. The van der Waals surface area contributed by atoms with E-state index < -0.39 is 0 Å². The smallest absolute Gasteiger partial charge is 0.181 e. The Morgan fingerprint density at radius 2 is 1.42 bits per heavy atom. The molecule has 5 nitrogen and oxygen atoms in total. The van der Waals surface area contributed by atoms with Gasteiger partial charge >= 0.3 is 0 Å². The predicted molar refractivity (Wildman–Crippen MR) is 135 cm³/mol. The first kappa shape index (κ1) is 24.6. The van der Waals surface area contributed by atoms with E-state index in [4.69, 9.17) is 21.1 Å². The number of hydrogen-bond acceptors (Lipinski definition) is 5. The molecule has 3 aromatic rings. The molecular formula is C27H31ClN2O3. The molecule has 0 aliphatic heterocycles. The number of ketones is 1. The van der Waals surface area contributed by atoms with Gasteiger partial charge in [0.2, 0.25) is 0 Å². The Bertz CT molecular complexity index is 985. The highest BCUT2D eigenvalue weighted by Crippen LogP contribution is 2.24. The first-order valence-corrected chi connectivity index (χ1v) is 11.7. The van der Waals surface area contributed by atoms with Crippen molar-refractivity contribution in [3.8, 4) is 17.2 Å². The van der Waals surface area contributed by atoms with Gasteiger partial charge in [-0.1, -0.05) is 25.4 Å². The number of benzene rings is 3. The first-order valence-electron chi connectivity index (χ1n) is 11.3. The number of carbonyl (C=O) groups excluding carboxylic acids is 1. The Balaban J connectivity index is 1.42. The molecule has 3 aromatic carbocycles. The van der Waals surface area contributed by atoms with Crippen molar-refractivity contribution in [2.45, 2.75) is 20.3 Å². The molecule has 0 saturated carbocycles. The van der Waals surface area contributed by atoms with Gasteiger partial charge in [0.05, 0.1) is 13.2 Å². The maximum atomic E-state index is 12.5. The van der Waals surface area contributed by atoms with Crippen LogP contribution in [-0.4, -0.2) is 43.5 Å². The Hall–Kier alpha value is -3.02. The van der Waals surface area contributed by atoms with E-state index in [0.717, 1.165) is 37.5 Å². The largest absolute Gasteiger partial charge is 0.494 e. The van der Waals surface area contributed by atoms with Crippen LogP contribution < -0.4 is 14.8 Å². The van der Waals surface area contributed by atoms with Gasteiger partial charge in [-0.25, -0.2) is 0 Å². The third-order valence-electron chi connectivity index (χ3n) is 5.31. The van der Waals surface area contributed by atoms with Gasteiger partial charge in [0.25, 0.3) is 0 Å². The van der Waals surface area contributed by atoms with E-state index in [-0.39, 0.29) is 12.3 Å². The van der Waals surface area contributed by atoms with Crippen LogP contribution in [-0.2, 0) is 0 Å². The fourth-order valence-electron chi connectivity index (χ4n) is 3.32. The number of carbonyl (C=O) groups is 1. The lowest BCUT2D eigenvalue weighted by Crippen LogP contribution is -2.25. The zero-order valence-corrected chi connectivity index (χ0v) is 20.0. The Morgan fingerprint density at radius 3 is 2.03 bits per heavy atom. The second-order valence-electron chi connectivity index (χ2n) is 7.61. The minimum absolute atomic E-state index is 0.0181. The molecule has 0 aliphatic carbocycles. The zero-order chi connectivity index (χ0) is 23.5. The Kier molecular flexibility index (Phi) is 9.60. The number of nitrogens with one attached hydrogen (secondary N) is 1. The molecule has 0 aliphatic rings. The van der Waals surface area contributed by atoms with Crippen molar-refractivity contribution >= 4 is 23.1 Å². The summed E-state index contributed by atoms with van der Waals surface area (Å²) in [5.41, 5.74) is 1.50. The highest BCUT2D eigenvalue weighted by atomic mass is 35.5. The van der Waals surface area contributed by atoms with Crippen LogP contribution >= 0.6 is 11.6 Å². The van der Waals surface area contributed by atoms with Crippen molar-refractivity contribution in [2.24, 2.45) is 0 Å². The van der Waals surface area contributed by atoms with Gasteiger partial charge in [0, 0.05) is 22.8 Å². The normalized spacial score (nSPS) is 10.8. The van der Waals surface area contributed by atoms with Gasteiger partial charge in [-0.15, -0.1) is 0 Å². The molecule has 0 bridgehead atoms. The second kappa shape index (κ2) is 12.9. The standard InChI is InChI=1S/C27H31ClN2O3/c1-3-30(4-2)18-5-19-32-24-12-6-21(7-13-24)27(31)20-29-23-10-16-26(17-11-23)33-25-14-8-22(28)9-15-25/h6-17,29H,3-5,18-20H2,1-2H3. The summed E-state index contributed by atoms with van der Waals surface area (Å²) in [6.07, 6.45) is 0.982. The van der Waals surface area contributed by atoms with Crippen molar-refractivity contribution < 1.29 is 14.3 Å². The summed E-state index contributed by atoms with van der Waals surface area (Å²) in [4.78, 5) is 14.9. The fraction of sp³-hybridized carbons (Fsp3) is 0.296. The van der Waals surface area contributed by atoms with Crippen LogP contribution in [0.3, 0.4) is 0 Å². The van der Waals surface area contributed by atoms with Gasteiger partial charge in [0.15, 0.2) is 5.78 Å². The van der Waals surface area contributed by atoms with E-state index in [0.29, 0.717) is 28.7 Å². The third-order valence-corrected chi connectivity index (χ3v) is 5.57. The topological polar surface area (TPSA) is 50.8 Å². The summed E-state index contributed by atoms with van der Waals surface area (Å²) >= 11 is 5.89. The minimum Gasteiger partial charge on any atom is -0.494 e. The molecule has 3 rings (SSSR count). The molecular weight excluding hydrogens is 436 g/mol. The summed E-state index contributed by atoms with van der Waals surface area (Å²) < 4.78 is 11.6. The maximum absolute atomic E-state index is 12.5. The van der Waals surface area contributed by atoms with Crippen LogP contribution in [0.5, 0.6) is 17.2 Å². The minimum atomic E-state index is 0.0181. The molecule has 0 radical (unpaired) electrons. The van der Waals surface area contributed by atoms with Gasteiger partial charge in [-0.05, 0) is 92.3 Å². The Labute approximate surface area is 201 Å². The molecule has 0 aromatic heterocycles. The van der Waals surface area contributed by atoms with Crippen molar-refractivity contribution in [1.82, 2.24) is 4.90 Å². The molecule has 1 N–H and O–H groups in total. The van der Waals surface area contributed by atoms with E-state index in [9.17, 15) is 4.79 Å². The van der Waals surface area contributed by atoms with E-state index in [1.54, 1.807) is 12.1 Å². The lowest BCUT2D eigenvalue weighted by atomic mass is 10.1. The number of halogens is 1. The van der Waals surface area contributed by atoms with Gasteiger partial charge in [-0.2, -0.15) is 0 Å². The van der Waals surface area contributed by atoms with Crippen LogP contribution in [0.2, 0.25) is 5.02 Å². The SMILES string of the molecule is CCN(CC)CCCOc1ccc(C(=O)CNc2ccc(Oc3ccc(Cl)cc3)cc2)cc1. The quantitative estimate of drug-likeness (QED) is 0.229. The number of nitrogens with zero attached hydrogens (tertiary/aromatic N) is 1. The average Bonchev–Trinajstić information content (AvgIpc) is 2.85. The highest BCUT2D eigenvalue weighted by molar-refractivity contribution is 6.30. The van der Waals surface area contributed by atoms with Crippen molar-refractivity contribution in [3.63, 3.8) is 0 Å². The molecule has 0 amide bonds.